The van der Waals surface area contributed by atoms with E-state index in [1.807, 2.05) is 0 Å². The van der Waals surface area contributed by atoms with Gasteiger partial charge in [0, 0.05) is 24.3 Å². The minimum absolute atomic E-state index is 0.0382. The number of benzene rings is 1. The van der Waals surface area contributed by atoms with Gasteiger partial charge in [-0.2, -0.15) is 0 Å². The van der Waals surface area contributed by atoms with Gasteiger partial charge in [-0.15, -0.1) is 6.58 Å². The van der Waals surface area contributed by atoms with E-state index < -0.39 is 5.82 Å². The maximum Gasteiger partial charge on any atom is 0.152 e. The van der Waals surface area contributed by atoms with E-state index in [9.17, 15) is 9.18 Å². The lowest BCUT2D eigenvalue weighted by Gasteiger charge is -2.23. The minimum Gasteiger partial charge on any atom is -0.395 e. The van der Waals surface area contributed by atoms with E-state index in [1.54, 1.807) is 11.0 Å². The molecule has 1 N–H and O–H groups in total. The second kappa shape index (κ2) is 6.02. The molecule has 0 aliphatic rings. The highest BCUT2D eigenvalue weighted by Gasteiger charge is 2.10. The molecule has 0 saturated heterocycles. The fraction of sp³-hybridized carbons (Fsp3) is 0.250. The Morgan fingerprint density at radius 2 is 2.25 bits per heavy atom. The summed E-state index contributed by atoms with van der Waals surface area (Å²) in [4.78, 5) is 12.6. The summed E-state index contributed by atoms with van der Waals surface area (Å²) in [5.74, 6) is -0.451. The van der Waals surface area contributed by atoms with Crippen molar-refractivity contribution in [1.29, 1.82) is 0 Å². The molecule has 0 atom stereocenters. The number of hydrogen-bond acceptors (Lipinski definition) is 3. The number of carbonyl (C=O) groups excluding carboxylic acids is 1. The first-order chi connectivity index (χ1) is 7.72. The molecule has 0 bridgehead atoms. The molecule has 1 aromatic rings. The molecule has 0 heterocycles. The van der Waals surface area contributed by atoms with Crippen molar-refractivity contribution >= 4 is 12.0 Å². The maximum absolute atomic E-state index is 12.9. The summed E-state index contributed by atoms with van der Waals surface area (Å²) in [6, 6.07) is 3.99. The van der Waals surface area contributed by atoms with E-state index in [2.05, 4.69) is 6.58 Å². The van der Waals surface area contributed by atoms with Gasteiger partial charge in [0.25, 0.3) is 0 Å². The lowest BCUT2D eigenvalue weighted by molar-refractivity contribution is 0.112. The van der Waals surface area contributed by atoms with Crippen molar-refractivity contribution in [2.45, 2.75) is 0 Å². The van der Waals surface area contributed by atoms with Gasteiger partial charge in [0.1, 0.15) is 5.82 Å². The SMILES string of the molecule is C=CCN(CCO)c1ccc(F)cc1C=O. The monoisotopic (exact) mass is 223 g/mol. The summed E-state index contributed by atoms with van der Waals surface area (Å²) in [6.07, 6.45) is 2.26. The van der Waals surface area contributed by atoms with Crippen LogP contribution < -0.4 is 4.90 Å². The summed E-state index contributed by atoms with van der Waals surface area (Å²) < 4.78 is 12.9. The van der Waals surface area contributed by atoms with Gasteiger partial charge in [0.2, 0.25) is 0 Å². The van der Waals surface area contributed by atoms with Gasteiger partial charge in [-0.05, 0) is 18.2 Å². The topological polar surface area (TPSA) is 40.5 Å². The first kappa shape index (κ1) is 12.4. The highest BCUT2D eigenvalue weighted by Crippen LogP contribution is 2.19. The van der Waals surface area contributed by atoms with Crippen molar-refractivity contribution in [3.05, 3.63) is 42.2 Å². The zero-order chi connectivity index (χ0) is 12.0. The summed E-state index contributed by atoms with van der Waals surface area (Å²) in [7, 11) is 0. The molecule has 0 aliphatic heterocycles. The van der Waals surface area contributed by atoms with Gasteiger partial charge < -0.3 is 10.0 Å². The van der Waals surface area contributed by atoms with Gasteiger partial charge >= 0.3 is 0 Å². The predicted molar refractivity (Wildman–Crippen MR) is 61.3 cm³/mol. The molecule has 0 unspecified atom stereocenters. The first-order valence-electron chi connectivity index (χ1n) is 4.94. The lowest BCUT2D eigenvalue weighted by Crippen LogP contribution is -2.27. The number of aliphatic hydroxyl groups is 1. The number of aldehydes is 1. The zero-order valence-electron chi connectivity index (χ0n) is 8.90. The molecule has 0 spiro atoms. The number of hydrogen-bond donors (Lipinski definition) is 1. The van der Waals surface area contributed by atoms with E-state index >= 15 is 0 Å². The molecule has 1 aromatic carbocycles. The van der Waals surface area contributed by atoms with E-state index in [4.69, 9.17) is 5.11 Å². The number of carbonyl (C=O) groups is 1. The smallest absolute Gasteiger partial charge is 0.152 e. The normalized spacial score (nSPS) is 9.88. The Kier molecular flexibility index (Phi) is 4.66. The Bertz CT molecular complexity index is 379. The quantitative estimate of drug-likeness (QED) is 0.588. The average molecular weight is 223 g/mol. The minimum atomic E-state index is -0.451. The van der Waals surface area contributed by atoms with Crippen LogP contribution in [0.2, 0.25) is 0 Å². The van der Waals surface area contributed by atoms with Crippen LogP contribution in [0.25, 0.3) is 0 Å². The van der Waals surface area contributed by atoms with E-state index in [0.29, 0.717) is 25.1 Å². The van der Waals surface area contributed by atoms with Crippen molar-refractivity contribution in [3.8, 4) is 0 Å². The van der Waals surface area contributed by atoms with Crippen LogP contribution in [-0.2, 0) is 0 Å². The highest BCUT2D eigenvalue weighted by atomic mass is 19.1. The first-order valence-corrected chi connectivity index (χ1v) is 4.94. The molecule has 0 aromatic heterocycles. The Hall–Kier alpha value is -1.68. The molecule has 0 fully saturated rings. The number of anilines is 1. The van der Waals surface area contributed by atoms with Gasteiger partial charge in [-0.1, -0.05) is 6.08 Å². The zero-order valence-corrected chi connectivity index (χ0v) is 8.90. The Balaban J connectivity index is 3.06. The van der Waals surface area contributed by atoms with E-state index in [1.165, 1.54) is 18.2 Å². The number of nitrogens with zero attached hydrogens (tertiary/aromatic N) is 1. The van der Waals surface area contributed by atoms with Crippen LogP contribution in [0.1, 0.15) is 10.4 Å². The Morgan fingerprint density at radius 1 is 1.50 bits per heavy atom. The Morgan fingerprint density at radius 3 is 2.81 bits per heavy atom. The second-order valence-electron chi connectivity index (χ2n) is 3.28. The molecule has 3 nitrogen and oxygen atoms in total. The van der Waals surface area contributed by atoms with Crippen molar-refractivity contribution < 1.29 is 14.3 Å². The van der Waals surface area contributed by atoms with Crippen molar-refractivity contribution in [1.82, 2.24) is 0 Å². The van der Waals surface area contributed by atoms with Crippen molar-refractivity contribution in [3.63, 3.8) is 0 Å². The molecular weight excluding hydrogens is 209 g/mol. The van der Waals surface area contributed by atoms with Crippen LogP contribution in [0, 0.1) is 5.82 Å². The van der Waals surface area contributed by atoms with Crippen LogP contribution in [0.15, 0.2) is 30.9 Å². The van der Waals surface area contributed by atoms with Gasteiger partial charge in [0.15, 0.2) is 6.29 Å². The fourth-order valence-corrected chi connectivity index (χ4v) is 1.49. The maximum atomic E-state index is 12.9. The van der Waals surface area contributed by atoms with Gasteiger partial charge in [-0.3, -0.25) is 4.79 Å². The summed E-state index contributed by atoms with van der Waals surface area (Å²) >= 11 is 0. The highest BCUT2D eigenvalue weighted by molar-refractivity contribution is 5.84. The molecule has 4 heteroatoms. The standard InChI is InChI=1S/C12H14FNO2/c1-2-5-14(6-7-15)12-4-3-11(13)8-10(12)9-16/h2-4,8-9,15H,1,5-7H2. The average Bonchev–Trinajstić information content (AvgIpc) is 2.28. The third kappa shape index (κ3) is 2.90. The van der Waals surface area contributed by atoms with Crippen molar-refractivity contribution in [2.75, 3.05) is 24.6 Å². The number of halogens is 1. The number of aliphatic hydroxyl groups excluding tert-OH is 1. The van der Waals surface area contributed by atoms with Crippen LogP contribution >= 0.6 is 0 Å². The molecule has 0 saturated carbocycles. The molecule has 0 amide bonds. The third-order valence-electron chi connectivity index (χ3n) is 2.18. The number of rotatable bonds is 6. The van der Waals surface area contributed by atoms with Crippen LogP contribution in [-0.4, -0.2) is 31.1 Å². The summed E-state index contributed by atoms with van der Waals surface area (Å²) in [6.45, 7) is 4.42. The molecule has 86 valence electrons. The van der Waals surface area contributed by atoms with Crippen LogP contribution in [0.3, 0.4) is 0 Å². The van der Waals surface area contributed by atoms with Crippen LogP contribution in [0.5, 0.6) is 0 Å². The predicted octanol–water partition coefficient (Wildman–Crippen LogP) is 1.62. The van der Waals surface area contributed by atoms with E-state index in [-0.39, 0.29) is 12.2 Å². The van der Waals surface area contributed by atoms with Crippen LogP contribution in [0.4, 0.5) is 10.1 Å². The summed E-state index contributed by atoms with van der Waals surface area (Å²) in [5, 5.41) is 8.90. The fourth-order valence-electron chi connectivity index (χ4n) is 1.49. The summed E-state index contributed by atoms with van der Waals surface area (Å²) in [5.41, 5.74) is 0.876. The van der Waals surface area contributed by atoms with Crippen molar-refractivity contribution in [2.24, 2.45) is 0 Å². The molecule has 1 rings (SSSR count). The molecule has 0 radical (unpaired) electrons. The van der Waals surface area contributed by atoms with E-state index in [0.717, 1.165) is 0 Å². The largest absolute Gasteiger partial charge is 0.395 e. The molecular formula is C12H14FNO2. The lowest BCUT2D eigenvalue weighted by atomic mass is 10.1. The Labute approximate surface area is 93.8 Å². The van der Waals surface area contributed by atoms with Gasteiger partial charge in [0.05, 0.1) is 6.61 Å². The molecule has 0 aliphatic carbocycles. The molecule has 16 heavy (non-hydrogen) atoms. The second-order valence-corrected chi connectivity index (χ2v) is 3.28. The third-order valence-corrected chi connectivity index (χ3v) is 2.18. The van der Waals surface area contributed by atoms with Gasteiger partial charge in [-0.25, -0.2) is 4.39 Å².